The van der Waals surface area contributed by atoms with Crippen molar-refractivity contribution < 1.29 is 26.0 Å². The second-order valence-corrected chi connectivity index (χ2v) is 9.92. The molecule has 0 saturated carbocycles. The van der Waals surface area contributed by atoms with Crippen LogP contribution in [0, 0.1) is 0 Å². The monoisotopic (exact) mass is 432 g/mol. The van der Waals surface area contributed by atoms with Crippen LogP contribution in [0.4, 0.5) is 0 Å². The van der Waals surface area contributed by atoms with Gasteiger partial charge in [-0.1, -0.05) is 89.5 Å². The highest BCUT2D eigenvalue weighted by atomic mass is 32.2. The van der Waals surface area contributed by atoms with Gasteiger partial charge in [0.2, 0.25) is 0 Å². The summed E-state index contributed by atoms with van der Waals surface area (Å²) in [6, 6.07) is 7.44. The van der Waals surface area contributed by atoms with Gasteiger partial charge in [-0.15, -0.1) is 0 Å². The Morgan fingerprint density at radius 2 is 1.46 bits per heavy atom. The summed E-state index contributed by atoms with van der Waals surface area (Å²) in [4.78, 5) is -0.120. The number of hydrogen-bond acceptors (Lipinski definition) is 6. The predicted molar refractivity (Wildman–Crippen MR) is 111 cm³/mol. The average Bonchev–Trinajstić information content (AvgIpc) is 2.66. The number of phosphoric acid groups is 1. The van der Waals surface area contributed by atoms with E-state index in [0.29, 0.717) is 6.42 Å². The molecule has 0 aliphatic heterocycles. The maximum absolute atomic E-state index is 12.5. The van der Waals surface area contributed by atoms with Crippen molar-refractivity contribution >= 4 is 17.9 Å². The molecule has 1 atom stereocenters. The fourth-order valence-electron chi connectivity index (χ4n) is 2.68. The Morgan fingerprint density at radius 3 is 2.00 bits per heavy atom. The van der Waals surface area contributed by atoms with E-state index in [0.717, 1.165) is 25.5 Å². The molecular weight excluding hydrogens is 399 g/mol. The van der Waals surface area contributed by atoms with Crippen LogP contribution in [0.3, 0.4) is 0 Å². The molecular formula is C20H33O6PS. The van der Waals surface area contributed by atoms with Crippen molar-refractivity contribution in [2.75, 3.05) is 6.61 Å². The second kappa shape index (κ2) is 13.9. The number of hydrogen-bond donors (Lipinski definition) is 0. The van der Waals surface area contributed by atoms with Crippen LogP contribution in [0.5, 0.6) is 0 Å². The third-order valence-electron chi connectivity index (χ3n) is 4.17. The van der Waals surface area contributed by atoms with E-state index in [-0.39, 0.29) is 11.5 Å². The molecule has 0 aliphatic rings. The first-order valence-electron chi connectivity index (χ1n) is 9.98. The summed E-state index contributed by atoms with van der Waals surface area (Å²) in [6.07, 6.45) is 12.3. The van der Waals surface area contributed by atoms with Gasteiger partial charge in [0.15, 0.2) is 0 Å². The Kier molecular flexibility index (Phi) is 12.4. The molecule has 160 valence electrons. The molecule has 1 unspecified atom stereocenters. The number of benzene rings is 1. The minimum atomic E-state index is -4.29. The third kappa shape index (κ3) is 10.4. The van der Waals surface area contributed by atoms with E-state index in [4.69, 9.17) is 13.0 Å². The molecule has 0 radical (unpaired) electrons. The molecule has 0 bridgehead atoms. The molecule has 0 aliphatic carbocycles. The molecule has 0 heterocycles. The summed E-state index contributed by atoms with van der Waals surface area (Å²) < 4.78 is 51.7. The average molecular weight is 433 g/mol. The molecule has 0 aromatic heterocycles. The van der Waals surface area contributed by atoms with Crippen LogP contribution >= 0.6 is 7.82 Å². The lowest BCUT2D eigenvalue weighted by Gasteiger charge is -2.16. The Balaban J connectivity index is 2.32. The lowest BCUT2D eigenvalue weighted by Crippen LogP contribution is -2.08. The van der Waals surface area contributed by atoms with E-state index in [9.17, 15) is 13.0 Å². The molecule has 0 amide bonds. The van der Waals surface area contributed by atoms with Gasteiger partial charge in [0.1, 0.15) is 0 Å². The largest absolute Gasteiger partial charge is 0.544 e. The molecule has 1 aromatic carbocycles. The first-order chi connectivity index (χ1) is 13.4. The van der Waals surface area contributed by atoms with E-state index < -0.39 is 17.9 Å². The Bertz CT molecular complexity index is 690. The molecule has 8 heteroatoms. The van der Waals surface area contributed by atoms with Gasteiger partial charge in [0, 0.05) is 0 Å². The van der Waals surface area contributed by atoms with E-state index in [1.807, 2.05) is 0 Å². The van der Waals surface area contributed by atoms with Gasteiger partial charge in [-0.3, -0.25) is 4.52 Å². The summed E-state index contributed by atoms with van der Waals surface area (Å²) in [5.41, 5.74) is 0. The van der Waals surface area contributed by atoms with E-state index in [1.54, 1.807) is 18.2 Å². The van der Waals surface area contributed by atoms with Crippen molar-refractivity contribution in [2.24, 2.45) is 0 Å². The number of rotatable bonds is 17. The quantitative estimate of drug-likeness (QED) is 0.157. The maximum Gasteiger partial charge on any atom is 0.544 e. The summed E-state index contributed by atoms with van der Waals surface area (Å²) >= 11 is 0. The molecule has 0 saturated heterocycles. The van der Waals surface area contributed by atoms with E-state index in [2.05, 4.69) is 13.5 Å². The first-order valence-corrected chi connectivity index (χ1v) is 12.9. The van der Waals surface area contributed by atoms with Gasteiger partial charge in [-0.25, -0.2) is 4.57 Å². The van der Waals surface area contributed by atoms with Crippen molar-refractivity contribution in [2.45, 2.75) is 76.0 Å². The first kappa shape index (κ1) is 24.9. The summed E-state index contributed by atoms with van der Waals surface area (Å²) in [6.45, 7) is 5.60. The summed E-state index contributed by atoms with van der Waals surface area (Å²) in [5, 5.41) is 0. The Labute approximate surface area is 170 Å². The van der Waals surface area contributed by atoms with Gasteiger partial charge < -0.3 is 4.52 Å². The predicted octanol–water partition coefficient (Wildman–Crippen LogP) is 6.60. The van der Waals surface area contributed by atoms with Crippen molar-refractivity contribution in [1.29, 1.82) is 0 Å². The van der Waals surface area contributed by atoms with Gasteiger partial charge in [0.25, 0.3) is 0 Å². The van der Waals surface area contributed by atoms with Crippen molar-refractivity contribution in [3.05, 3.63) is 43.2 Å². The van der Waals surface area contributed by atoms with Crippen molar-refractivity contribution in [3.8, 4) is 0 Å². The highest BCUT2D eigenvalue weighted by Gasteiger charge is 2.35. The molecule has 1 rings (SSSR count). The van der Waals surface area contributed by atoms with Crippen LogP contribution in [0.2, 0.25) is 0 Å². The molecule has 1 aromatic rings. The fourth-order valence-corrected chi connectivity index (χ4v) is 5.38. The minimum Gasteiger partial charge on any atom is -0.412 e. The fraction of sp³-hybridized carbons (Fsp3) is 0.600. The Hall–Kier alpha value is -1.14. The zero-order valence-corrected chi connectivity index (χ0v) is 18.5. The number of unbranched alkanes of at least 4 members (excludes halogenated alkanes) is 9. The molecule has 6 nitrogen and oxygen atoms in total. The smallest absolute Gasteiger partial charge is 0.412 e. The molecule has 28 heavy (non-hydrogen) atoms. The minimum absolute atomic E-state index is 0.0892. The highest BCUT2D eigenvalue weighted by molar-refractivity contribution is 7.90. The second-order valence-electron chi connectivity index (χ2n) is 6.58. The Morgan fingerprint density at radius 1 is 0.929 bits per heavy atom. The molecule has 0 N–H and O–H groups in total. The van der Waals surface area contributed by atoms with Crippen LogP contribution in [0.1, 0.15) is 71.1 Å². The third-order valence-corrected chi connectivity index (χ3v) is 7.44. The van der Waals surface area contributed by atoms with Crippen LogP contribution in [-0.4, -0.2) is 15.0 Å². The van der Waals surface area contributed by atoms with Gasteiger partial charge in [-0.2, -0.15) is 12.4 Å². The van der Waals surface area contributed by atoms with Gasteiger partial charge in [0.05, 0.1) is 17.8 Å². The van der Waals surface area contributed by atoms with Crippen LogP contribution in [0.15, 0.2) is 48.1 Å². The SMILES string of the molecule is C=COP(=O)(OCCCCCCCCCCCC)OS(=O)(=O)c1ccccc1. The lowest BCUT2D eigenvalue weighted by molar-refractivity contribution is 0.192. The highest BCUT2D eigenvalue weighted by Crippen LogP contribution is 2.52. The maximum atomic E-state index is 12.5. The lowest BCUT2D eigenvalue weighted by atomic mass is 10.1. The van der Waals surface area contributed by atoms with E-state index in [1.165, 1.54) is 50.7 Å². The van der Waals surface area contributed by atoms with Gasteiger partial charge in [-0.05, 0) is 18.6 Å². The standard InChI is InChI=1S/C20H33O6PS/c1-3-5-6-7-8-9-10-11-12-16-19-25-27(21,24-4-2)26-28(22,23)20-17-14-13-15-18-20/h4,13-15,17-18H,2-3,5-12,16,19H2,1H3. The summed E-state index contributed by atoms with van der Waals surface area (Å²) in [7, 11) is -8.55. The van der Waals surface area contributed by atoms with Crippen LogP contribution < -0.4 is 0 Å². The van der Waals surface area contributed by atoms with E-state index >= 15 is 0 Å². The topological polar surface area (TPSA) is 78.9 Å². The summed E-state index contributed by atoms with van der Waals surface area (Å²) in [5.74, 6) is 0. The van der Waals surface area contributed by atoms with Gasteiger partial charge >= 0.3 is 17.9 Å². The van der Waals surface area contributed by atoms with Crippen molar-refractivity contribution in [1.82, 2.24) is 0 Å². The zero-order chi connectivity index (χ0) is 20.7. The molecule has 0 spiro atoms. The zero-order valence-electron chi connectivity index (χ0n) is 16.8. The molecule has 0 fully saturated rings. The van der Waals surface area contributed by atoms with Crippen LogP contribution in [0.25, 0.3) is 0 Å². The van der Waals surface area contributed by atoms with Crippen molar-refractivity contribution in [3.63, 3.8) is 0 Å². The number of phosphoric ester groups is 1. The van der Waals surface area contributed by atoms with Crippen LogP contribution in [-0.2, 0) is 27.7 Å². The normalized spacial score (nSPS) is 13.8.